The number of nitrogens with one attached hydrogen (secondary N) is 3. The molecular formula is C39H35N3O15. The van der Waals surface area contributed by atoms with Crippen molar-refractivity contribution in [3.8, 4) is 23.0 Å². The van der Waals surface area contributed by atoms with Crippen LogP contribution in [-0.2, 0) is 39.9 Å². The monoisotopic (exact) mass is 785 g/mol. The van der Waals surface area contributed by atoms with Gasteiger partial charge < -0.3 is 38.8 Å². The number of ether oxygens (including phenoxy) is 6. The second-order valence-electron chi connectivity index (χ2n) is 11.6. The number of anilines is 1. The maximum atomic E-state index is 13.5. The standard InChI is InChI=1S/C39H35N3O15/c1-21(43)54-28-16-12-25(19-30(28)52-3)38(50)56-33(34(37(48)49)57-39(51)26-13-17-29(55-22(2)44)31(20-26)53-4)36(47)42-41-35(46)24-10-14-27(15-11-24)40-32(45)18-23-8-6-5-7-9-23/h5-17,19-20,33-34H,18H2,1-4H3,(H,40,45)(H,41,46)(H,42,47)(H,48,49)/t33-,34-/m0/s1. The molecule has 0 spiro atoms. The van der Waals surface area contributed by atoms with E-state index >= 15 is 0 Å². The second-order valence-corrected chi connectivity index (χ2v) is 11.6. The van der Waals surface area contributed by atoms with E-state index in [4.69, 9.17) is 28.4 Å². The van der Waals surface area contributed by atoms with Crippen LogP contribution in [0, 0.1) is 0 Å². The fourth-order valence-electron chi connectivity index (χ4n) is 4.88. The fraction of sp³-hybridized carbons (Fsp3) is 0.179. The Kier molecular flexibility index (Phi) is 14.4. The van der Waals surface area contributed by atoms with E-state index in [1.165, 1.54) is 50.6 Å². The lowest BCUT2D eigenvalue weighted by molar-refractivity contribution is -0.159. The summed E-state index contributed by atoms with van der Waals surface area (Å²) in [5, 5.41) is 12.8. The normalized spacial score (nSPS) is 11.4. The third-order valence-corrected chi connectivity index (χ3v) is 7.49. The maximum absolute atomic E-state index is 13.5. The number of carboxylic acids is 1. The van der Waals surface area contributed by atoms with E-state index < -0.39 is 53.9 Å². The summed E-state index contributed by atoms with van der Waals surface area (Å²) < 4.78 is 30.7. The van der Waals surface area contributed by atoms with Gasteiger partial charge in [-0.05, 0) is 66.2 Å². The van der Waals surface area contributed by atoms with Crippen LogP contribution in [0.15, 0.2) is 91.0 Å². The van der Waals surface area contributed by atoms with Crippen LogP contribution in [0.5, 0.6) is 23.0 Å². The summed E-state index contributed by atoms with van der Waals surface area (Å²) in [5.41, 5.74) is 4.54. The summed E-state index contributed by atoms with van der Waals surface area (Å²) in [6, 6.07) is 21.2. The van der Waals surface area contributed by atoms with Crippen LogP contribution in [0.2, 0.25) is 0 Å². The number of hydrogen-bond donors (Lipinski definition) is 4. The molecule has 296 valence electrons. The van der Waals surface area contributed by atoms with Crippen LogP contribution in [-0.4, -0.2) is 79.1 Å². The highest BCUT2D eigenvalue weighted by Gasteiger charge is 2.41. The summed E-state index contributed by atoms with van der Waals surface area (Å²) >= 11 is 0. The van der Waals surface area contributed by atoms with Crippen LogP contribution < -0.4 is 35.1 Å². The number of rotatable bonds is 15. The highest BCUT2D eigenvalue weighted by atomic mass is 16.6. The molecule has 4 rings (SSSR count). The Bertz CT molecular complexity index is 2170. The molecule has 57 heavy (non-hydrogen) atoms. The van der Waals surface area contributed by atoms with E-state index in [1.807, 2.05) is 11.5 Å². The van der Waals surface area contributed by atoms with Crippen molar-refractivity contribution in [2.75, 3.05) is 19.5 Å². The molecule has 18 heteroatoms. The summed E-state index contributed by atoms with van der Waals surface area (Å²) in [4.78, 5) is 101. The summed E-state index contributed by atoms with van der Waals surface area (Å²) in [7, 11) is 2.42. The summed E-state index contributed by atoms with van der Waals surface area (Å²) in [6.07, 6.45) is -4.88. The minimum absolute atomic E-state index is 0.0165. The van der Waals surface area contributed by atoms with Crippen LogP contribution in [0.3, 0.4) is 0 Å². The van der Waals surface area contributed by atoms with Gasteiger partial charge in [-0.15, -0.1) is 0 Å². The smallest absolute Gasteiger partial charge is 0.349 e. The zero-order valence-electron chi connectivity index (χ0n) is 30.7. The van der Waals surface area contributed by atoms with E-state index in [0.717, 1.165) is 43.7 Å². The lowest BCUT2D eigenvalue weighted by Gasteiger charge is -2.24. The zero-order chi connectivity index (χ0) is 41.6. The largest absolute Gasteiger partial charge is 0.493 e. The van der Waals surface area contributed by atoms with Gasteiger partial charge in [0.25, 0.3) is 11.8 Å². The molecule has 0 bridgehead atoms. The van der Waals surface area contributed by atoms with E-state index in [-0.39, 0.29) is 52.0 Å². The van der Waals surface area contributed by atoms with E-state index in [1.54, 1.807) is 24.3 Å². The number of methoxy groups -OCH3 is 2. The van der Waals surface area contributed by atoms with Crippen molar-refractivity contribution in [1.82, 2.24) is 10.9 Å². The molecule has 0 saturated carbocycles. The molecule has 2 atom stereocenters. The Hall–Kier alpha value is -7.76. The fourth-order valence-corrected chi connectivity index (χ4v) is 4.88. The molecule has 0 saturated heterocycles. The average Bonchev–Trinajstić information content (AvgIpc) is 3.18. The SMILES string of the molecule is COc1cc(C(=O)O[C@H](C(=O)O)[C@H](OC(=O)c2ccc(OC(C)=O)c(OC)c2)C(=O)NNC(=O)c2ccc(NC(=O)Cc3ccccc3)cc2)ccc1OC(C)=O. The van der Waals surface area contributed by atoms with Gasteiger partial charge in [0.15, 0.2) is 23.0 Å². The number of benzene rings is 4. The van der Waals surface area contributed by atoms with E-state index in [9.17, 15) is 43.5 Å². The molecule has 0 unspecified atom stereocenters. The van der Waals surface area contributed by atoms with Crippen molar-refractivity contribution in [3.63, 3.8) is 0 Å². The number of amides is 3. The maximum Gasteiger partial charge on any atom is 0.349 e. The molecule has 18 nitrogen and oxygen atoms in total. The first-order valence-electron chi connectivity index (χ1n) is 16.6. The molecule has 0 aliphatic carbocycles. The van der Waals surface area contributed by atoms with Crippen molar-refractivity contribution < 1.29 is 71.9 Å². The Morgan fingerprint density at radius 3 is 1.56 bits per heavy atom. The quantitative estimate of drug-likeness (QED) is 0.0768. The molecule has 0 aromatic heterocycles. The lowest BCUT2D eigenvalue weighted by Crippen LogP contribution is -2.54. The van der Waals surface area contributed by atoms with Gasteiger partial charge in [0.1, 0.15) is 0 Å². The van der Waals surface area contributed by atoms with Crippen LogP contribution in [0.25, 0.3) is 0 Å². The number of hydrogen-bond acceptors (Lipinski definition) is 14. The molecule has 0 aliphatic heterocycles. The third kappa shape index (κ3) is 11.9. The molecule has 0 radical (unpaired) electrons. The van der Waals surface area contributed by atoms with Gasteiger partial charge in [-0.25, -0.2) is 14.4 Å². The predicted octanol–water partition coefficient (Wildman–Crippen LogP) is 3.03. The van der Waals surface area contributed by atoms with Crippen molar-refractivity contribution in [2.24, 2.45) is 0 Å². The minimum Gasteiger partial charge on any atom is -0.493 e. The van der Waals surface area contributed by atoms with Gasteiger partial charge in [-0.1, -0.05) is 30.3 Å². The Morgan fingerprint density at radius 1 is 0.596 bits per heavy atom. The molecule has 0 fully saturated rings. The van der Waals surface area contributed by atoms with Gasteiger partial charge in [0, 0.05) is 25.1 Å². The first kappa shape index (κ1) is 42.0. The molecule has 4 aromatic rings. The molecule has 4 N–H and O–H groups in total. The zero-order valence-corrected chi connectivity index (χ0v) is 30.7. The number of carbonyl (C=O) groups is 8. The molecular weight excluding hydrogens is 750 g/mol. The number of carbonyl (C=O) groups excluding carboxylic acids is 7. The molecule has 3 amide bonds. The van der Waals surface area contributed by atoms with Crippen molar-refractivity contribution in [3.05, 3.63) is 113 Å². The third-order valence-electron chi connectivity index (χ3n) is 7.49. The van der Waals surface area contributed by atoms with Crippen molar-refractivity contribution in [2.45, 2.75) is 32.5 Å². The minimum atomic E-state index is -2.53. The lowest BCUT2D eigenvalue weighted by atomic mass is 10.1. The van der Waals surface area contributed by atoms with Crippen LogP contribution >= 0.6 is 0 Å². The number of aliphatic carboxylic acids is 1. The summed E-state index contributed by atoms with van der Waals surface area (Å²) in [6.45, 7) is 2.26. The van der Waals surface area contributed by atoms with Gasteiger partial charge >= 0.3 is 29.8 Å². The van der Waals surface area contributed by atoms with Gasteiger partial charge in [-0.3, -0.25) is 34.8 Å². The number of esters is 4. The number of carboxylic acid groups (broad SMARTS) is 1. The Morgan fingerprint density at radius 2 is 1.09 bits per heavy atom. The van der Waals surface area contributed by atoms with Crippen LogP contribution in [0.1, 0.15) is 50.5 Å². The van der Waals surface area contributed by atoms with Gasteiger partial charge in [0.05, 0.1) is 31.8 Å². The Labute approximate surface area is 323 Å². The Balaban J connectivity index is 1.55. The van der Waals surface area contributed by atoms with Crippen LogP contribution in [0.4, 0.5) is 5.69 Å². The molecule has 0 aliphatic rings. The van der Waals surface area contributed by atoms with Gasteiger partial charge in [0.2, 0.25) is 18.1 Å². The van der Waals surface area contributed by atoms with E-state index in [0.29, 0.717) is 5.69 Å². The highest BCUT2D eigenvalue weighted by molar-refractivity contribution is 6.00. The second kappa shape index (κ2) is 19.5. The van der Waals surface area contributed by atoms with Gasteiger partial charge in [-0.2, -0.15) is 0 Å². The predicted molar refractivity (Wildman–Crippen MR) is 195 cm³/mol. The average molecular weight is 786 g/mol. The topological polar surface area (TPSA) is 248 Å². The van der Waals surface area contributed by atoms with Crippen molar-refractivity contribution in [1.29, 1.82) is 0 Å². The van der Waals surface area contributed by atoms with E-state index in [2.05, 4.69) is 10.7 Å². The highest BCUT2D eigenvalue weighted by Crippen LogP contribution is 2.30. The first-order valence-corrected chi connectivity index (χ1v) is 16.6. The molecule has 4 aromatic carbocycles. The summed E-state index contributed by atoms with van der Waals surface area (Å²) in [5.74, 6) is -9.04. The number of hydrazine groups is 1. The van der Waals surface area contributed by atoms with Crippen molar-refractivity contribution >= 4 is 53.3 Å². The first-order chi connectivity index (χ1) is 27.2. The molecule has 0 heterocycles.